The summed E-state index contributed by atoms with van der Waals surface area (Å²) >= 11 is 0. The highest BCUT2D eigenvalue weighted by Crippen LogP contribution is 2.35. The smallest absolute Gasteiger partial charge is 0.263 e. The standard InChI is InChI=1S/C21H21N5O3S/c27-19(10-11-22-21-15-6-1-2-7-18(15)30(28,29)26-21)23-14-8-9-16-17(12-14)25-20(24-16)13-4-3-5-13/h1-2,6-9,12-13H,3-5,10-11H2,(H,22,26)(H,23,27)(H,24,25). The second kappa shape index (κ2) is 7.24. The van der Waals surface area contributed by atoms with Gasteiger partial charge in [0.15, 0.2) is 0 Å². The fraction of sp³-hybridized carbons (Fsp3) is 0.286. The number of amides is 1. The summed E-state index contributed by atoms with van der Waals surface area (Å²) in [6.07, 6.45) is 3.74. The fourth-order valence-corrected chi connectivity index (χ4v) is 4.98. The Balaban J connectivity index is 1.23. The molecule has 0 atom stereocenters. The van der Waals surface area contributed by atoms with Gasteiger partial charge in [0, 0.05) is 23.6 Å². The van der Waals surface area contributed by atoms with E-state index < -0.39 is 10.0 Å². The minimum absolute atomic E-state index is 0.141. The molecular weight excluding hydrogens is 402 g/mol. The van der Waals surface area contributed by atoms with Gasteiger partial charge in [0.1, 0.15) is 11.7 Å². The number of aromatic nitrogens is 2. The second-order valence-corrected chi connectivity index (χ2v) is 9.26. The number of rotatable bonds is 5. The molecule has 0 spiro atoms. The Hall–Kier alpha value is -3.20. The molecular formula is C21H21N5O3S. The number of aromatic amines is 1. The van der Waals surface area contributed by atoms with Crippen LogP contribution >= 0.6 is 0 Å². The molecule has 0 unspecified atom stereocenters. The van der Waals surface area contributed by atoms with Crippen molar-refractivity contribution in [2.24, 2.45) is 4.99 Å². The zero-order valence-electron chi connectivity index (χ0n) is 16.2. The lowest BCUT2D eigenvalue weighted by Gasteiger charge is -2.22. The van der Waals surface area contributed by atoms with E-state index in [2.05, 4.69) is 25.0 Å². The average molecular weight is 423 g/mol. The van der Waals surface area contributed by atoms with Gasteiger partial charge in [-0.25, -0.2) is 13.4 Å². The molecule has 30 heavy (non-hydrogen) atoms. The number of anilines is 1. The van der Waals surface area contributed by atoms with Gasteiger partial charge in [-0.1, -0.05) is 18.6 Å². The highest BCUT2D eigenvalue weighted by Gasteiger charge is 2.30. The Kier molecular flexibility index (Phi) is 4.54. The van der Waals surface area contributed by atoms with Gasteiger partial charge in [0.2, 0.25) is 5.91 Å². The Morgan fingerprint density at radius 1 is 1.20 bits per heavy atom. The third-order valence-corrected chi connectivity index (χ3v) is 6.94. The lowest BCUT2D eigenvalue weighted by molar-refractivity contribution is -0.116. The van der Waals surface area contributed by atoms with E-state index in [9.17, 15) is 13.2 Å². The molecule has 2 heterocycles. The molecule has 154 valence electrons. The highest BCUT2D eigenvalue weighted by molar-refractivity contribution is 7.90. The van der Waals surface area contributed by atoms with Crippen LogP contribution in [0.5, 0.6) is 0 Å². The van der Waals surface area contributed by atoms with Crippen LogP contribution in [0.2, 0.25) is 0 Å². The number of benzene rings is 2. The van der Waals surface area contributed by atoms with Gasteiger partial charge in [-0.2, -0.15) is 0 Å². The minimum Gasteiger partial charge on any atom is -0.342 e. The Bertz CT molecular complexity index is 1270. The molecule has 8 nitrogen and oxygen atoms in total. The molecule has 0 radical (unpaired) electrons. The maximum atomic E-state index is 12.3. The van der Waals surface area contributed by atoms with Gasteiger partial charge in [0.05, 0.1) is 22.5 Å². The number of hydrogen-bond donors (Lipinski definition) is 3. The Labute approximate surface area is 173 Å². The number of H-pyrrole nitrogens is 1. The third-order valence-electron chi connectivity index (χ3n) is 5.55. The number of carbonyl (C=O) groups is 1. The van der Waals surface area contributed by atoms with E-state index in [0.29, 0.717) is 17.2 Å². The number of carbonyl (C=O) groups excluding carboxylic acids is 1. The summed E-state index contributed by atoms with van der Waals surface area (Å²) in [5.41, 5.74) is 3.03. The molecule has 1 aliphatic heterocycles. The first kappa shape index (κ1) is 18.8. The topological polar surface area (TPSA) is 116 Å². The molecule has 1 fully saturated rings. The van der Waals surface area contributed by atoms with Crippen molar-refractivity contribution in [1.82, 2.24) is 14.7 Å². The number of nitrogens with one attached hydrogen (secondary N) is 3. The SMILES string of the molecule is O=C(CCN=C1NS(=O)(=O)c2ccccc21)Nc1ccc2nc(C3CCC3)[nH]c2c1. The van der Waals surface area contributed by atoms with Gasteiger partial charge >= 0.3 is 0 Å². The van der Waals surface area contributed by atoms with Crippen LogP contribution in [0.15, 0.2) is 52.4 Å². The van der Waals surface area contributed by atoms with Crippen LogP contribution in [0.25, 0.3) is 11.0 Å². The molecule has 2 aliphatic rings. The van der Waals surface area contributed by atoms with Crippen molar-refractivity contribution in [3.05, 3.63) is 53.9 Å². The number of hydrogen-bond acceptors (Lipinski definition) is 5. The number of sulfonamides is 1. The molecule has 2 aromatic carbocycles. The first-order valence-corrected chi connectivity index (χ1v) is 11.4. The Morgan fingerprint density at radius 3 is 2.83 bits per heavy atom. The fourth-order valence-electron chi connectivity index (χ4n) is 3.73. The molecule has 1 saturated carbocycles. The van der Waals surface area contributed by atoms with Crippen molar-refractivity contribution in [2.75, 3.05) is 11.9 Å². The number of amidine groups is 1. The lowest BCUT2D eigenvalue weighted by atomic mass is 9.85. The highest BCUT2D eigenvalue weighted by atomic mass is 32.2. The molecule has 1 aromatic heterocycles. The number of imidazole rings is 1. The van der Waals surface area contributed by atoms with Gasteiger partial charge in [-0.3, -0.25) is 14.5 Å². The van der Waals surface area contributed by atoms with Gasteiger partial charge in [0.25, 0.3) is 10.0 Å². The largest absolute Gasteiger partial charge is 0.342 e. The molecule has 3 N–H and O–H groups in total. The summed E-state index contributed by atoms with van der Waals surface area (Å²) in [5.74, 6) is 1.63. The van der Waals surface area contributed by atoms with Crippen LogP contribution in [0, 0.1) is 0 Å². The van der Waals surface area contributed by atoms with E-state index >= 15 is 0 Å². The average Bonchev–Trinajstić information content (AvgIpc) is 3.19. The first-order chi connectivity index (χ1) is 14.5. The number of nitrogens with zero attached hydrogens (tertiary/aromatic N) is 2. The molecule has 0 bridgehead atoms. The van der Waals surface area contributed by atoms with E-state index in [1.165, 1.54) is 25.3 Å². The van der Waals surface area contributed by atoms with Crippen molar-refractivity contribution >= 4 is 38.5 Å². The summed E-state index contributed by atoms with van der Waals surface area (Å²) in [6.45, 7) is 0.177. The van der Waals surface area contributed by atoms with Crippen LogP contribution in [-0.2, 0) is 14.8 Å². The summed E-state index contributed by atoms with van der Waals surface area (Å²) in [7, 11) is -3.57. The van der Waals surface area contributed by atoms with Gasteiger partial charge in [-0.15, -0.1) is 0 Å². The Morgan fingerprint density at radius 2 is 2.03 bits per heavy atom. The summed E-state index contributed by atoms with van der Waals surface area (Å²) in [6, 6.07) is 12.3. The zero-order valence-corrected chi connectivity index (χ0v) is 17.0. The monoisotopic (exact) mass is 423 g/mol. The predicted molar refractivity (Wildman–Crippen MR) is 114 cm³/mol. The van der Waals surface area contributed by atoms with E-state index in [1.807, 2.05) is 18.2 Å². The van der Waals surface area contributed by atoms with E-state index in [0.717, 1.165) is 16.9 Å². The van der Waals surface area contributed by atoms with Crippen molar-refractivity contribution in [2.45, 2.75) is 36.5 Å². The summed E-state index contributed by atoms with van der Waals surface area (Å²) in [4.78, 5) is 24.8. The van der Waals surface area contributed by atoms with Crippen LogP contribution in [0.1, 0.15) is 43.0 Å². The summed E-state index contributed by atoms with van der Waals surface area (Å²) < 4.78 is 26.6. The molecule has 0 saturated heterocycles. The first-order valence-electron chi connectivity index (χ1n) is 9.96. The number of aliphatic imine (C=N–C) groups is 1. The van der Waals surface area contributed by atoms with Crippen molar-refractivity contribution in [3.63, 3.8) is 0 Å². The number of fused-ring (bicyclic) bond motifs is 2. The van der Waals surface area contributed by atoms with Crippen LogP contribution in [-0.4, -0.2) is 36.7 Å². The summed E-state index contributed by atoms with van der Waals surface area (Å²) in [5, 5.41) is 2.87. The van der Waals surface area contributed by atoms with Gasteiger partial charge in [-0.05, 0) is 43.2 Å². The third kappa shape index (κ3) is 3.45. The van der Waals surface area contributed by atoms with Gasteiger partial charge < -0.3 is 10.3 Å². The predicted octanol–water partition coefficient (Wildman–Crippen LogP) is 2.90. The van der Waals surface area contributed by atoms with Crippen LogP contribution in [0.4, 0.5) is 5.69 Å². The molecule has 1 aliphatic carbocycles. The van der Waals surface area contributed by atoms with Crippen molar-refractivity contribution in [3.8, 4) is 0 Å². The second-order valence-electron chi connectivity index (χ2n) is 7.61. The van der Waals surface area contributed by atoms with E-state index in [1.54, 1.807) is 18.2 Å². The maximum absolute atomic E-state index is 12.3. The van der Waals surface area contributed by atoms with E-state index in [4.69, 9.17) is 0 Å². The van der Waals surface area contributed by atoms with Crippen LogP contribution in [0.3, 0.4) is 0 Å². The quantitative estimate of drug-likeness (QED) is 0.585. The normalized spacial score (nSPS) is 18.7. The van der Waals surface area contributed by atoms with Crippen molar-refractivity contribution < 1.29 is 13.2 Å². The molecule has 3 aromatic rings. The minimum atomic E-state index is -3.57. The van der Waals surface area contributed by atoms with E-state index in [-0.39, 0.29) is 29.6 Å². The maximum Gasteiger partial charge on any atom is 0.263 e. The lowest BCUT2D eigenvalue weighted by Crippen LogP contribution is -2.23. The molecule has 9 heteroatoms. The molecule has 1 amide bonds. The zero-order chi connectivity index (χ0) is 20.7. The molecule has 5 rings (SSSR count). The van der Waals surface area contributed by atoms with Crippen molar-refractivity contribution in [1.29, 1.82) is 0 Å². The van der Waals surface area contributed by atoms with Crippen LogP contribution < -0.4 is 10.0 Å².